The van der Waals surface area contributed by atoms with Crippen molar-refractivity contribution in [3.63, 3.8) is 0 Å². The molecular formula is C15H10BrCl2NO2. The Labute approximate surface area is 141 Å². The molecule has 0 N–H and O–H groups in total. The fourth-order valence-corrected chi connectivity index (χ4v) is 2.64. The molecule has 0 aliphatic rings. The topological polar surface area (TPSA) is 42.2 Å². The monoisotopic (exact) mass is 385 g/mol. The standard InChI is InChI=1S/C15H10BrCl2NO2/c1-20-14-5-11(16)4-10(7-19)15(14)21-8-9-2-3-12(17)6-13(9)18/h2-6H,8H2,1H3. The predicted molar refractivity (Wildman–Crippen MR) is 86.2 cm³/mol. The molecule has 0 saturated heterocycles. The van der Waals surface area contributed by atoms with Crippen molar-refractivity contribution in [3.05, 3.63) is 56.0 Å². The van der Waals surface area contributed by atoms with Crippen LogP contribution in [0.4, 0.5) is 0 Å². The summed E-state index contributed by atoms with van der Waals surface area (Å²) in [5.41, 5.74) is 1.15. The van der Waals surface area contributed by atoms with Gasteiger partial charge in [-0.15, -0.1) is 0 Å². The molecule has 0 radical (unpaired) electrons. The molecule has 0 unspecified atom stereocenters. The van der Waals surface area contributed by atoms with Crippen LogP contribution in [-0.2, 0) is 6.61 Å². The summed E-state index contributed by atoms with van der Waals surface area (Å²) in [6, 6.07) is 10.6. The highest BCUT2D eigenvalue weighted by molar-refractivity contribution is 9.10. The van der Waals surface area contributed by atoms with Gasteiger partial charge in [0.25, 0.3) is 0 Å². The Morgan fingerprint density at radius 3 is 2.62 bits per heavy atom. The number of nitriles is 1. The van der Waals surface area contributed by atoms with Gasteiger partial charge in [0.05, 0.1) is 12.7 Å². The maximum atomic E-state index is 9.20. The average molecular weight is 387 g/mol. The maximum absolute atomic E-state index is 9.20. The first-order valence-corrected chi connectivity index (χ1v) is 7.44. The van der Waals surface area contributed by atoms with Crippen LogP contribution >= 0.6 is 39.1 Å². The summed E-state index contributed by atoms with van der Waals surface area (Å²) in [6.07, 6.45) is 0. The van der Waals surface area contributed by atoms with Crippen LogP contribution in [0.2, 0.25) is 10.0 Å². The Morgan fingerprint density at radius 2 is 2.00 bits per heavy atom. The first kappa shape index (κ1) is 16.0. The Kier molecular flexibility index (Phi) is 5.35. The number of ether oxygens (including phenoxy) is 2. The van der Waals surface area contributed by atoms with Crippen LogP contribution in [0.25, 0.3) is 0 Å². The molecule has 6 heteroatoms. The van der Waals surface area contributed by atoms with Crippen LogP contribution in [0, 0.1) is 11.3 Å². The van der Waals surface area contributed by atoms with Crippen LogP contribution < -0.4 is 9.47 Å². The smallest absolute Gasteiger partial charge is 0.179 e. The zero-order chi connectivity index (χ0) is 15.4. The van der Waals surface area contributed by atoms with Crippen LogP contribution in [-0.4, -0.2) is 7.11 Å². The predicted octanol–water partition coefficient (Wildman–Crippen LogP) is 5.22. The molecular weight excluding hydrogens is 377 g/mol. The Morgan fingerprint density at radius 1 is 1.24 bits per heavy atom. The number of halogens is 3. The minimum atomic E-state index is 0.211. The molecule has 21 heavy (non-hydrogen) atoms. The third-order valence-electron chi connectivity index (χ3n) is 2.75. The lowest BCUT2D eigenvalue weighted by Gasteiger charge is -2.13. The van der Waals surface area contributed by atoms with Gasteiger partial charge in [0.1, 0.15) is 12.7 Å². The minimum Gasteiger partial charge on any atom is -0.493 e. The van der Waals surface area contributed by atoms with Gasteiger partial charge in [-0.25, -0.2) is 0 Å². The van der Waals surface area contributed by atoms with E-state index in [0.29, 0.717) is 27.1 Å². The van der Waals surface area contributed by atoms with Crippen molar-refractivity contribution < 1.29 is 9.47 Å². The molecule has 0 heterocycles. The van der Waals surface area contributed by atoms with E-state index < -0.39 is 0 Å². The summed E-state index contributed by atoms with van der Waals surface area (Å²) in [5, 5.41) is 10.3. The van der Waals surface area contributed by atoms with Gasteiger partial charge in [-0.3, -0.25) is 0 Å². The average Bonchev–Trinajstić information content (AvgIpc) is 2.46. The lowest BCUT2D eigenvalue weighted by Crippen LogP contribution is -2.00. The lowest BCUT2D eigenvalue weighted by molar-refractivity contribution is 0.283. The quantitative estimate of drug-likeness (QED) is 0.723. The second kappa shape index (κ2) is 7.04. The second-order valence-corrected chi connectivity index (χ2v) is 5.88. The van der Waals surface area contributed by atoms with E-state index >= 15 is 0 Å². The van der Waals surface area contributed by atoms with Gasteiger partial charge in [0, 0.05) is 20.1 Å². The zero-order valence-corrected chi connectivity index (χ0v) is 14.1. The number of methoxy groups -OCH3 is 1. The highest BCUT2D eigenvalue weighted by Crippen LogP contribution is 2.35. The first-order chi connectivity index (χ1) is 10.0. The SMILES string of the molecule is COc1cc(Br)cc(C#N)c1OCc1ccc(Cl)cc1Cl. The minimum absolute atomic E-state index is 0.211. The van der Waals surface area contributed by atoms with Crippen molar-refractivity contribution in [1.29, 1.82) is 5.26 Å². The van der Waals surface area contributed by atoms with Crippen molar-refractivity contribution in [1.82, 2.24) is 0 Å². The molecule has 0 amide bonds. The molecule has 0 saturated carbocycles. The highest BCUT2D eigenvalue weighted by atomic mass is 79.9. The number of nitrogens with zero attached hydrogens (tertiary/aromatic N) is 1. The first-order valence-electron chi connectivity index (χ1n) is 5.89. The Hall–Kier alpha value is -1.41. The molecule has 2 aromatic rings. The van der Waals surface area contributed by atoms with E-state index in [1.807, 2.05) is 0 Å². The molecule has 2 aromatic carbocycles. The highest BCUT2D eigenvalue weighted by Gasteiger charge is 2.13. The fourth-order valence-electron chi connectivity index (χ4n) is 1.74. The van der Waals surface area contributed by atoms with Crippen LogP contribution in [0.3, 0.4) is 0 Å². The third-order valence-corrected chi connectivity index (χ3v) is 3.79. The molecule has 108 valence electrons. The van der Waals surface area contributed by atoms with Crippen molar-refractivity contribution in [2.75, 3.05) is 7.11 Å². The van der Waals surface area contributed by atoms with E-state index in [1.54, 1.807) is 30.3 Å². The van der Waals surface area contributed by atoms with E-state index in [9.17, 15) is 5.26 Å². The van der Waals surface area contributed by atoms with E-state index in [2.05, 4.69) is 22.0 Å². The lowest BCUT2D eigenvalue weighted by atomic mass is 10.2. The molecule has 0 atom stereocenters. The summed E-state index contributed by atoms with van der Waals surface area (Å²) < 4.78 is 11.7. The van der Waals surface area contributed by atoms with E-state index in [-0.39, 0.29) is 6.61 Å². The van der Waals surface area contributed by atoms with Gasteiger partial charge in [-0.2, -0.15) is 5.26 Å². The fraction of sp³-hybridized carbons (Fsp3) is 0.133. The molecule has 0 bridgehead atoms. The van der Waals surface area contributed by atoms with Gasteiger partial charge < -0.3 is 9.47 Å². The molecule has 0 aromatic heterocycles. The summed E-state index contributed by atoms with van der Waals surface area (Å²) in [4.78, 5) is 0. The van der Waals surface area contributed by atoms with Crippen molar-refractivity contribution in [2.24, 2.45) is 0 Å². The summed E-state index contributed by atoms with van der Waals surface area (Å²) >= 11 is 15.3. The normalized spacial score (nSPS) is 10.0. The van der Waals surface area contributed by atoms with Gasteiger partial charge in [0.15, 0.2) is 11.5 Å². The van der Waals surface area contributed by atoms with Crippen molar-refractivity contribution in [3.8, 4) is 17.6 Å². The summed E-state index contributed by atoms with van der Waals surface area (Å²) in [5.74, 6) is 0.861. The van der Waals surface area contributed by atoms with Crippen LogP contribution in [0.1, 0.15) is 11.1 Å². The Bertz CT molecular complexity index is 714. The molecule has 0 spiro atoms. The molecule has 2 rings (SSSR count). The van der Waals surface area contributed by atoms with Crippen molar-refractivity contribution in [2.45, 2.75) is 6.61 Å². The second-order valence-electron chi connectivity index (χ2n) is 4.12. The van der Waals surface area contributed by atoms with Crippen molar-refractivity contribution >= 4 is 39.1 Å². The maximum Gasteiger partial charge on any atom is 0.179 e. The Balaban J connectivity index is 2.29. The van der Waals surface area contributed by atoms with Gasteiger partial charge in [-0.1, -0.05) is 45.2 Å². The van der Waals surface area contributed by atoms with Gasteiger partial charge in [0.2, 0.25) is 0 Å². The summed E-state index contributed by atoms with van der Waals surface area (Å²) in [7, 11) is 1.52. The van der Waals surface area contributed by atoms with Gasteiger partial charge >= 0.3 is 0 Å². The van der Waals surface area contributed by atoms with E-state index in [1.165, 1.54) is 7.11 Å². The number of benzene rings is 2. The van der Waals surface area contributed by atoms with Crippen LogP contribution in [0.5, 0.6) is 11.5 Å². The molecule has 3 nitrogen and oxygen atoms in total. The van der Waals surface area contributed by atoms with E-state index in [4.69, 9.17) is 32.7 Å². The number of rotatable bonds is 4. The van der Waals surface area contributed by atoms with Gasteiger partial charge in [-0.05, 0) is 24.3 Å². The van der Waals surface area contributed by atoms with Crippen LogP contribution in [0.15, 0.2) is 34.8 Å². The third kappa shape index (κ3) is 3.82. The largest absolute Gasteiger partial charge is 0.493 e. The molecule has 0 fully saturated rings. The molecule has 0 aliphatic heterocycles. The zero-order valence-electron chi connectivity index (χ0n) is 11.0. The number of hydrogen-bond acceptors (Lipinski definition) is 3. The molecule has 0 aliphatic carbocycles. The van der Waals surface area contributed by atoms with E-state index in [0.717, 1.165) is 10.0 Å². The summed E-state index contributed by atoms with van der Waals surface area (Å²) in [6.45, 7) is 0.211. The number of hydrogen-bond donors (Lipinski definition) is 0.